The van der Waals surface area contributed by atoms with Gasteiger partial charge in [-0.25, -0.2) is 4.57 Å². The first-order chi connectivity index (χ1) is 28.0. The zero-order valence-electron chi connectivity index (χ0n) is 38.8. The third kappa shape index (κ3) is 44.3. The van der Waals surface area contributed by atoms with Gasteiger partial charge in [0.1, 0.15) is 19.8 Å². The summed E-state index contributed by atoms with van der Waals surface area (Å²) in [5.74, 6) is -0.794. The zero-order valence-corrected chi connectivity index (χ0v) is 39.7. The number of quaternary nitrogens is 1. The van der Waals surface area contributed by atoms with Gasteiger partial charge in [0.2, 0.25) is 0 Å². The molecule has 0 aliphatic heterocycles. The average molecular weight is 845 g/mol. The molecule has 58 heavy (non-hydrogen) atoms. The van der Waals surface area contributed by atoms with Crippen LogP contribution in [0.3, 0.4) is 0 Å². The van der Waals surface area contributed by atoms with Crippen molar-refractivity contribution in [1.82, 2.24) is 0 Å². The van der Waals surface area contributed by atoms with Crippen molar-refractivity contribution in [2.24, 2.45) is 0 Å². The maximum absolute atomic E-state index is 12.7. The molecular weight excluding hydrogens is 750 g/mol. The molecule has 0 aromatic heterocycles. The minimum absolute atomic E-state index is 0.0351. The predicted octanol–water partition coefficient (Wildman–Crippen LogP) is 14.1. The number of hydrogen-bond donors (Lipinski definition) is 1. The van der Waals surface area contributed by atoms with Crippen molar-refractivity contribution in [3.8, 4) is 0 Å². The van der Waals surface area contributed by atoms with E-state index in [2.05, 4.69) is 26.0 Å². The monoisotopic (exact) mass is 845 g/mol. The Balaban J connectivity index is 4.00. The molecule has 0 radical (unpaired) electrons. The van der Waals surface area contributed by atoms with Crippen LogP contribution in [0.5, 0.6) is 0 Å². The Morgan fingerprint density at radius 3 is 1.28 bits per heavy atom. The van der Waals surface area contributed by atoms with Crippen LogP contribution in [0.1, 0.15) is 232 Å². The summed E-state index contributed by atoms with van der Waals surface area (Å²) in [5, 5.41) is 0. The highest BCUT2D eigenvalue weighted by Gasteiger charge is 2.27. The molecule has 0 bridgehead atoms. The minimum Gasteiger partial charge on any atom is -0.462 e. The maximum atomic E-state index is 12.7. The summed E-state index contributed by atoms with van der Waals surface area (Å²) in [5.41, 5.74) is 0. The first kappa shape index (κ1) is 56.8. The van der Waals surface area contributed by atoms with Crippen molar-refractivity contribution in [3.63, 3.8) is 0 Å². The fraction of sp³-hybridized carbons (Fsp3) is 0.917. The second-order valence-electron chi connectivity index (χ2n) is 17.9. The summed E-state index contributed by atoms with van der Waals surface area (Å²) in [4.78, 5) is 35.2. The standard InChI is InChI=1S/C48H94NO8P/c1-6-8-10-12-14-15-16-17-18-19-20-21-22-23-24-25-26-27-28-29-30-31-32-33-35-37-39-41-48(51)57-46(45-56-58(52,53)55-43-42-49(3,4)5)44-54-47(50)40-38-36-34-13-11-9-7-2/h19-20,46H,6-18,21-45H2,1-5H3/p+1/b20-19-. The number of phosphoric ester groups is 1. The normalized spacial score (nSPS) is 13.6. The van der Waals surface area contributed by atoms with E-state index in [-0.39, 0.29) is 25.6 Å². The van der Waals surface area contributed by atoms with Gasteiger partial charge in [-0.1, -0.05) is 193 Å². The molecule has 0 fully saturated rings. The molecule has 0 rings (SSSR count). The van der Waals surface area contributed by atoms with Crippen LogP contribution < -0.4 is 0 Å². The molecule has 1 N–H and O–H groups in total. The van der Waals surface area contributed by atoms with Crippen molar-refractivity contribution >= 4 is 19.8 Å². The van der Waals surface area contributed by atoms with Crippen LogP contribution in [0.4, 0.5) is 0 Å². The van der Waals surface area contributed by atoms with E-state index in [1.807, 2.05) is 21.1 Å². The molecule has 0 saturated heterocycles. The number of esters is 2. The first-order valence-corrected chi connectivity index (χ1v) is 25.9. The second kappa shape index (κ2) is 41.1. The van der Waals surface area contributed by atoms with Crippen molar-refractivity contribution in [2.45, 2.75) is 238 Å². The van der Waals surface area contributed by atoms with Gasteiger partial charge < -0.3 is 18.9 Å². The molecule has 0 saturated carbocycles. The predicted molar refractivity (Wildman–Crippen MR) is 243 cm³/mol. The van der Waals surface area contributed by atoms with Crippen LogP contribution in [-0.4, -0.2) is 74.9 Å². The van der Waals surface area contributed by atoms with E-state index in [0.717, 1.165) is 32.1 Å². The first-order valence-electron chi connectivity index (χ1n) is 24.4. The van der Waals surface area contributed by atoms with Crippen LogP contribution in [0.15, 0.2) is 12.2 Å². The highest BCUT2D eigenvalue weighted by molar-refractivity contribution is 7.47. The van der Waals surface area contributed by atoms with Gasteiger partial charge in [0.25, 0.3) is 0 Å². The quantitative estimate of drug-likeness (QED) is 0.0212. The lowest BCUT2D eigenvalue weighted by molar-refractivity contribution is -0.870. The molecule has 0 heterocycles. The molecule has 0 amide bonds. The number of unbranched alkanes of at least 4 members (excludes halogenated alkanes) is 29. The Hall–Kier alpha value is -1.25. The van der Waals surface area contributed by atoms with Gasteiger partial charge in [0.05, 0.1) is 27.7 Å². The topological polar surface area (TPSA) is 108 Å². The molecule has 0 aliphatic carbocycles. The average Bonchev–Trinajstić information content (AvgIpc) is 3.17. The van der Waals surface area contributed by atoms with Gasteiger partial charge in [-0.3, -0.25) is 18.6 Å². The molecule has 0 aliphatic rings. The van der Waals surface area contributed by atoms with E-state index in [9.17, 15) is 19.0 Å². The highest BCUT2D eigenvalue weighted by Crippen LogP contribution is 2.43. The Morgan fingerprint density at radius 2 is 0.879 bits per heavy atom. The van der Waals surface area contributed by atoms with E-state index in [4.69, 9.17) is 18.5 Å². The lowest BCUT2D eigenvalue weighted by Gasteiger charge is -2.24. The number of carbonyl (C=O) groups excluding carboxylic acids is 2. The van der Waals surface area contributed by atoms with Gasteiger partial charge in [0, 0.05) is 12.8 Å². The van der Waals surface area contributed by atoms with Crippen LogP contribution in [0, 0.1) is 0 Å². The van der Waals surface area contributed by atoms with Crippen LogP contribution in [-0.2, 0) is 32.7 Å². The number of likely N-dealkylation sites (N-methyl/N-ethyl adjacent to an activating group) is 1. The Bertz CT molecular complexity index is 1000. The Morgan fingerprint density at radius 1 is 0.517 bits per heavy atom. The van der Waals surface area contributed by atoms with Gasteiger partial charge in [-0.15, -0.1) is 0 Å². The second-order valence-corrected chi connectivity index (χ2v) is 19.3. The maximum Gasteiger partial charge on any atom is 0.472 e. The van der Waals surface area contributed by atoms with Gasteiger partial charge in [-0.2, -0.15) is 0 Å². The third-order valence-corrected chi connectivity index (χ3v) is 11.8. The highest BCUT2D eigenvalue weighted by atomic mass is 31.2. The van der Waals surface area contributed by atoms with E-state index in [1.54, 1.807) is 0 Å². The molecule has 2 atom stereocenters. The fourth-order valence-electron chi connectivity index (χ4n) is 6.95. The number of hydrogen-bond acceptors (Lipinski definition) is 7. The fourth-order valence-corrected chi connectivity index (χ4v) is 7.69. The van der Waals surface area contributed by atoms with Gasteiger partial charge in [0.15, 0.2) is 6.10 Å². The third-order valence-electron chi connectivity index (χ3n) is 10.8. The van der Waals surface area contributed by atoms with Crippen molar-refractivity contribution in [1.29, 1.82) is 0 Å². The summed E-state index contributed by atoms with van der Waals surface area (Å²) in [6.07, 6.45) is 44.4. The molecule has 10 heteroatoms. The number of nitrogens with zero attached hydrogens (tertiary/aromatic N) is 1. The molecule has 344 valence electrons. The zero-order chi connectivity index (χ0) is 42.8. The molecular formula is C48H95NO8P+. The molecule has 9 nitrogen and oxygen atoms in total. The molecule has 0 spiro atoms. The van der Waals surface area contributed by atoms with Gasteiger partial charge in [-0.05, 0) is 38.5 Å². The van der Waals surface area contributed by atoms with Crippen LogP contribution in [0.25, 0.3) is 0 Å². The number of allylic oxidation sites excluding steroid dienone is 2. The summed E-state index contributed by atoms with van der Waals surface area (Å²) in [6, 6.07) is 0. The summed E-state index contributed by atoms with van der Waals surface area (Å²) in [6.45, 7) is 4.40. The Labute approximate surface area is 358 Å². The van der Waals surface area contributed by atoms with Crippen molar-refractivity contribution < 1.29 is 42.1 Å². The van der Waals surface area contributed by atoms with Crippen molar-refractivity contribution in [2.75, 3.05) is 47.5 Å². The molecule has 0 aromatic rings. The smallest absolute Gasteiger partial charge is 0.462 e. The SMILES string of the molecule is CCCCCCCCCC/C=C\CCCCCCCCCCCCCCCCCC(=O)OC(COC(=O)CCCCCCCCC)COP(=O)(O)OCC[N+](C)(C)C. The summed E-state index contributed by atoms with van der Waals surface area (Å²) in [7, 11) is 1.49. The summed E-state index contributed by atoms with van der Waals surface area (Å²) < 4.78 is 34.2. The van der Waals surface area contributed by atoms with Crippen LogP contribution in [0.2, 0.25) is 0 Å². The van der Waals surface area contributed by atoms with Crippen molar-refractivity contribution in [3.05, 3.63) is 12.2 Å². The largest absolute Gasteiger partial charge is 0.472 e. The number of rotatable bonds is 45. The van der Waals surface area contributed by atoms with E-state index in [0.29, 0.717) is 23.9 Å². The van der Waals surface area contributed by atoms with E-state index < -0.39 is 26.5 Å². The molecule has 2 unspecified atom stereocenters. The lowest BCUT2D eigenvalue weighted by Crippen LogP contribution is -2.37. The lowest BCUT2D eigenvalue weighted by atomic mass is 10.0. The molecule has 0 aromatic carbocycles. The van der Waals surface area contributed by atoms with E-state index in [1.165, 1.54) is 167 Å². The number of carbonyl (C=O) groups is 2. The van der Waals surface area contributed by atoms with E-state index >= 15 is 0 Å². The summed E-state index contributed by atoms with van der Waals surface area (Å²) >= 11 is 0. The number of phosphoric acid groups is 1. The Kier molecular flexibility index (Phi) is 40.2. The minimum atomic E-state index is -4.36. The van der Waals surface area contributed by atoms with Crippen LogP contribution >= 0.6 is 7.82 Å². The number of ether oxygens (including phenoxy) is 2. The van der Waals surface area contributed by atoms with Gasteiger partial charge >= 0.3 is 19.8 Å².